The third-order valence-corrected chi connectivity index (χ3v) is 6.95. The van der Waals surface area contributed by atoms with Crippen LogP contribution in [0.15, 0.2) is 24.5 Å². The molecular weight excluding hydrogens is 426 g/mol. The van der Waals surface area contributed by atoms with Gasteiger partial charge in [0.15, 0.2) is 0 Å². The fraction of sp³-hybridized carbons (Fsp3) is 0.667. The van der Waals surface area contributed by atoms with E-state index in [0.717, 1.165) is 63.6 Å². The van der Waals surface area contributed by atoms with Crippen molar-refractivity contribution in [1.82, 2.24) is 14.9 Å². The molecule has 2 aliphatic rings. The Kier molecular flexibility index (Phi) is 9.95. The Morgan fingerprint density at radius 1 is 1.29 bits per heavy atom. The number of H-pyrrole nitrogens is 1. The van der Waals surface area contributed by atoms with E-state index in [0.29, 0.717) is 18.1 Å². The third kappa shape index (κ3) is 6.81. The predicted molar refractivity (Wildman–Crippen MR) is 139 cm³/mol. The lowest BCUT2D eigenvalue weighted by Crippen LogP contribution is -2.44. The van der Waals surface area contributed by atoms with E-state index in [1.54, 1.807) is 0 Å². The van der Waals surface area contributed by atoms with E-state index >= 15 is 0 Å². The second-order valence-electron chi connectivity index (χ2n) is 9.99. The van der Waals surface area contributed by atoms with Crippen molar-refractivity contribution in [3.05, 3.63) is 46.9 Å². The Balaban J connectivity index is 0.000000469. The summed E-state index contributed by atoms with van der Waals surface area (Å²) in [6.07, 6.45) is 8.49. The molecule has 190 valence electrons. The van der Waals surface area contributed by atoms with Crippen LogP contribution in [-0.2, 0) is 9.47 Å². The minimum Gasteiger partial charge on any atom is -0.378 e. The van der Waals surface area contributed by atoms with Crippen LogP contribution in [0.3, 0.4) is 0 Å². The number of aromatic amines is 1. The number of nitrogens with one attached hydrogen (secondary N) is 1. The highest BCUT2D eigenvalue weighted by Gasteiger charge is 2.30. The molecule has 0 amide bonds. The lowest BCUT2D eigenvalue weighted by atomic mass is 9.83. The van der Waals surface area contributed by atoms with E-state index in [2.05, 4.69) is 48.5 Å². The average molecular weight is 472 g/mol. The molecule has 3 unspecified atom stereocenters. The summed E-state index contributed by atoms with van der Waals surface area (Å²) in [5, 5.41) is 0. The highest BCUT2D eigenvalue weighted by molar-refractivity contribution is 5.50. The van der Waals surface area contributed by atoms with Gasteiger partial charge in [0, 0.05) is 36.8 Å². The Morgan fingerprint density at radius 2 is 2.09 bits per heavy atom. The number of morpholine rings is 1. The van der Waals surface area contributed by atoms with Gasteiger partial charge in [-0.1, -0.05) is 13.3 Å². The molecule has 0 aliphatic carbocycles. The van der Waals surface area contributed by atoms with Crippen molar-refractivity contribution >= 4 is 5.82 Å². The summed E-state index contributed by atoms with van der Waals surface area (Å²) in [7, 11) is 4.07. The van der Waals surface area contributed by atoms with Crippen molar-refractivity contribution < 1.29 is 9.47 Å². The molecule has 4 rings (SSSR count). The Labute approximate surface area is 206 Å². The normalized spacial score (nSPS) is 24.0. The molecule has 2 aliphatic heterocycles. The number of nitrogens with two attached hydrogens (primary N) is 1. The average Bonchev–Trinajstić information content (AvgIpc) is 3.30. The van der Waals surface area contributed by atoms with Gasteiger partial charge >= 0.3 is 0 Å². The second-order valence-corrected chi connectivity index (χ2v) is 9.99. The number of anilines is 1. The highest BCUT2D eigenvalue weighted by atomic mass is 16.5. The third-order valence-electron chi connectivity index (χ3n) is 6.95. The summed E-state index contributed by atoms with van der Waals surface area (Å²) in [6.45, 7) is 11.8. The predicted octanol–water partition coefficient (Wildman–Crippen LogP) is 4.52. The molecule has 0 bridgehead atoms. The quantitative estimate of drug-likeness (QED) is 0.603. The van der Waals surface area contributed by atoms with Crippen molar-refractivity contribution in [2.75, 3.05) is 45.4 Å². The van der Waals surface area contributed by atoms with Gasteiger partial charge in [-0.2, -0.15) is 0 Å². The molecule has 2 aromatic heterocycles. The van der Waals surface area contributed by atoms with Crippen LogP contribution in [0.1, 0.15) is 74.0 Å². The zero-order valence-electron chi connectivity index (χ0n) is 22.0. The monoisotopic (exact) mass is 471 g/mol. The van der Waals surface area contributed by atoms with E-state index in [1.165, 1.54) is 16.7 Å². The first-order valence-electron chi connectivity index (χ1n) is 12.8. The van der Waals surface area contributed by atoms with E-state index in [4.69, 9.17) is 20.2 Å². The molecule has 7 heteroatoms. The number of ether oxygens (including phenoxy) is 2. The first-order chi connectivity index (χ1) is 16.3. The van der Waals surface area contributed by atoms with Gasteiger partial charge in [-0.05, 0) is 83.3 Å². The first kappa shape index (κ1) is 26.7. The van der Waals surface area contributed by atoms with Crippen molar-refractivity contribution in [1.29, 1.82) is 0 Å². The van der Waals surface area contributed by atoms with Crippen LogP contribution < -0.4 is 10.6 Å². The fourth-order valence-corrected chi connectivity index (χ4v) is 4.98. The van der Waals surface area contributed by atoms with Crippen molar-refractivity contribution in [3.63, 3.8) is 0 Å². The largest absolute Gasteiger partial charge is 0.378 e. The first-order valence-corrected chi connectivity index (χ1v) is 12.8. The number of pyridine rings is 1. The number of hydrogen-bond acceptors (Lipinski definition) is 6. The minimum absolute atomic E-state index is 0.147. The van der Waals surface area contributed by atoms with Crippen molar-refractivity contribution in [2.45, 2.75) is 77.6 Å². The summed E-state index contributed by atoms with van der Waals surface area (Å²) in [5.41, 5.74) is 11.5. The molecule has 0 aromatic carbocycles. The summed E-state index contributed by atoms with van der Waals surface area (Å²) in [5.74, 6) is 1.54. The van der Waals surface area contributed by atoms with E-state index in [1.807, 2.05) is 32.6 Å². The van der Waals surface area contributed by atoms with Gasteiger partial charge in [0.1, 0.15) is 5.82 Å². The Bertz CT molecular complexity index is 868. The molecule has 2 fully saturated rings. The van der Waals surface area contributed by atoms with Gasteiger partial charge in [0.25, 0.3) is 0 Å². The van der Waals surface area contributed by atoms with Gasteiger partial charge in [0.2, 0.25) is 0 Å². The highest BCUT2D eigenvalue weighted by Crippen LogP contribution is 2.38. The number of rotatable bonds is 6. The van der Waals surface area contributed by atoms with Crippen molar-refractivity contribution in [2.24, 2.45) is 5.73 Å². The lowest BCUT2D eigenvalue weighted by Gasteiger charge is -2.37. The molecule has 0 saturated carbocycles. The van der Waals surface area contributed by atoms with Crippen LogP contribution >= 0.6 is 0 Å². The minimum atomic E-state index is -0.147. The molecule has 2 saturated heterocycles. The summed E-state index contributed by atoms with van der Waals surface area (Å²) < 4.78 is 11.7. The van der Waals surface area contributed by atoms with Gasteiger partial charge in [-0.15, -0.1) is 0 Å². The van der Waals surface area contributed by atoms with Gasteiger partial charge in [-0.3, -0.25) is 4.90 Å². The molecular formula is C27H45N5O2. The molecule has 2 aromatic rings. The van der Waals surface area contributed by atoms with Crippen LogP contribution in [0.2, 0.25) is 0 Å². The van der Waals surface area contributed by atoms with E-state index in [-0.39, 0.29) is 6.17 Å². The molecule has 7 nitrogen and oxygen atoms in total. The maximum atomic E-state index is 6.62. The van der Waals surface area contributed by atoms with Crippen LogP contribution in [0.25, 0.3) is 0 Å². The smallest absolute Gasteiger partial charge is 0.129 e. The standard InChI is InChI=1S/C22H38N4O2.C5H7N/c1-6-7-18-12-17(8-10-28-18)19-13-20(26-9-11-27-14-15(26)2)24-16(3)21(19)22(23)25(4)5;1-5-2-3-6-4-5/h13,15,17-18,22H,6-12,14,23H2,1-5H3;2-4,6H,1H3/t15-,17?,18?,22?;/m1./s1. The zero-order valence-corrected chi connectivity index (χ0v) is 22.0. The van der Waals surface area contributed by atoms with Crippen LogP contribution in [0, 0.1) is 13.8 Å². The zero-order chi connectivity index (χ0) is 24.7. The number of hydrogen-bond donors (Lipinski definition) is 2. The van der Waals surface area contributed by atoms with E-state index in [9.17, 15) is 0 Å². The number of aryl methyl sites for hydroxylation is 2. The van der Waals surface area contributed by atoms with Gasteiger partial charge < -0.3 is 25.1 Å². The number of aromatic nitrogens is 2. The Hall–Kier alpha value is -1.93. The lowest BCUT2D eigenvalue weighted by molar-refractivity contribution is 0.00134. The maximum absolute atomic E-state index is 6.62. The SMILES string of the molecule is CCCC1CC(c2cc(N3CCOC[C@H]3C)nc(C)c2C(N)N(C)C)CCO1.Cc1cc[nH]c1. The van der Waals surface area contributed by atoms with Gasteiger partial charge in [-0.25, -0.2) is 4.98 Å². The van der Waals surface area contributed by atoms with E-state index < -0.39 is 0 Å². The summed E-state index contributed by atoms with van der Waals surface area (Å²) in [4.78, 5) is 12.4. The number of nitrogens with zero attached hydrogens (tertiary/aromatic N) is 3. The summed E-state index contributed by atoms with van der Waals surface area (Å²) in [6, 6.07) is 4.68. The van der Waals surface area contributed by atoms with Gasteiger partial charge in [0.05, 0.1) is 31.5 Å². The molecule has 3 N–H and O–H groups in total. The molecule has 4 atom stereocenters. The topological polar surface area (TPSA) is 79.6 Å². The molecule has 0 radical (unpaired) electrons. The molecule has 4 heterocycles. The summed E-state index contributed by atoms with van der Waals surface area (Å²) >= 11 is 0. The molecule has 0 spiro atoms. The van der Waals surface area contributed by atoms with Crippen LogP contribution in [-0.4, -0.2) is 67.5 Å². The second kappa shape index (κ2) is 12.7. The maximum Gasteiger partial charge on any atom is 0.129 e. The van der Waals surface area contributed by atoms with Crippen LogP contribution in [0.4, 0.5) is 5.82 Å². The van der Waals surface area contributed by atoms with Crippen molar-refractivity contribution in [3.8, 4) is 0 Å². The molecule has 34 heavy (non-hydrogen) atoms. The fourth-order valence-electron chi connectivity index (χ4n) is 4.98. The van der Waals surface area contributed by atoms with Crippen LogP contribution in [0.5, 0.6) is 0 Å². The Morgan fingerprint density at radius 3 is 2.68 bits per heavy atom.